The highest BCUT2D eigenvalue weighted by atomic mass is 19.3. The lowest BCUT2D eigenvalue weighted by atomic mass is 9.66. The summed E-state index contributed by atoms with van der Waals surface area (Å²) in [5, 5.41) is 6.80. The van der Waals surface area contributed by atoms with Crippen LogP contribution in [0.4, 0.5) is 19.4 Å². The number of benzene rings is 1. The second-order valence-electron chi connectivity index (χ2n) is 12.3. The molecule has 1 aliphatic heterocycles. The number of nitrogens with zero attached hydrogens (tertiary/aromatic N) is 4. The van der Waals surface area contributed by atoms with Gasteiger partial charge in [-0.25, -0.2) is 18.6 Å². The number of likely N-dealkylation sites (tertiary alicyclic amines) is 1. The van der Waals surface area contributed by atoms with Crippen LogP contribution in [-0.2, 0) is 29.2 Å². The zero-order valence-corrected chi connectivity index (χ0v) is 25.8. The van der Waals surface area contributed by atoms with Gasteiger partial charge in [-0.05, 0) is 63.4 Å². The molecule has 1 aliphatic carbocycles. The van der Waals surface area contributed by atoms with Gasteiger partial charge < -0.3 is 29.2 Å². The van der Waals surface area contributed by atoms with Crippen molar-refractivity contribution in [2.75, 3.05) is 32.9 Å². The fraction of sp³-hybridized carbons (Fsp3) is 0.516. The van der Waals surface area contributed by atoms with E-state index in [9.17, 15) is 23.2 Å². The van der Waals surface area contributed by atoms with Crippen molar-refractivity contribution in [1.82, 2.24) is 19.7 Å². The second-order valence-corrected chi connectivity index (χ2v) is 12.3. The minimum absolute atomic E-state index is 0.0731. The van der Waals surface area contributed by atoms with Gasteiger partial charge in [-0.3, -0.25) is 9.59 Å². The van der Waals surface area contributed by atoms with Gasteiger partial charge in [-0.15, -0.1) is 0 Å². The van der Waals surface area contributed by atoms with Crippen molar-refractivity contribution in [3.8, 4) is 5.75 Å². The molecular weight excluding hydrogens is 592 g/mol. The van der Waals surface area contributed by atoms with Gasteiger partial charge in [0, 0.05) is 20.0 Å². The topological polar surface area (TPSA) is 134 Å². The zero-order valence-electron chi connectivity index (χ0n) is 25.8. The highest BCUT2D eigenvalue weighted by molar-refractivity contribution is 6.01. The molecule has 2 aromatic heterocycles. The number of amides is 2. The molecule has 2 atom stereocenters. The number of carbonyl (C=O) groups is 3. The third-order valence-electron chi connectivity index (χ3n) is 8.12. The smallest absolute Gasteiger partial charge is 0.435 e. The molecule has 3 heterocycles. The standard InChI is InChI=1S/C31H37F2N5O7/c1-29(2,3)45-28(41)38-22-10-11-24(35-21(22)16-34-38)36-26(39)25-23(44-18-42-4)17-37(25)27(40)30(12-14-31(32,33)15-13-30)19-6-8-20(43-5)9-7-19/h6-11,16,23,25H,12-15,17-18H2,1-5H3,(H,35,36,39)/t23-,25-/m1/s1. The van der Waals surface area contributed by atoms with Crippen molar-refractivity contribution in [3.05, 3.63) is 48.2 Å². The molecule has 242 valence electrons. The Kier molecular flexibility index (Phi) is 8.82. The Morgan fingerprint density at radius 3 is 2.33 bits per heavy atom. The minimum atomic E-state index is -2.88. The summed E-state index contributed by atoms with van der Waals surface area (Å²) in [5.74, 6) is -3.16. The van der Waals surface area contributed by atoms with E-state index in [-0.39, 0.29) is 32.0 Å². The highest BCUT2D eigenvalue weighted by Gasteiger charge is 2.56. The maximum absolute atomic E-state index is 14.3. The number of methoxy groups -OCH3 is 2. The summed E-state index contributed by atoms with van der Waals surface area (Å²) >= 11 is 0. The van der Waals surface area contributed by atoms with E-state index in [0.29, 0.717) is 22.3 Å². The molecule has 2 amide bonds. The number of aromatic nitrogens is 3. The molecule has 0 spiro atoms. The van der Waals surface area contributed by atoms with Gasteiger partial charge in [0.2, 0.25) is 11.8 Å². The summed E-state index contributed by atoms with van der Waals surface area (Å²) in [4.78, 5) is 46.4. The van der Waals surface area contributed by atoms with Crippen LogP contribution >= 0.6 is 0 Å². The van der Waals surface area contributed by atoms with Gasteiger partial charge in [-0.1, -0.05) is 12.1 Å². The lowest BCUT2D eigenvalue weighted by Gasteiger charge is -2.51. The molecule has 3 aromatic rings. The lowest BCUT2D eigenvalue weighted by molar-refractivity contribution is -0.184. The Labute approximate surface area is 258 Å². The van der Waals surface area contributed by atoms with Crippen LogP contribution in [0, 0.1) is 0 Å². The normalized spacial score (nSPS) is 20.7. The average Bonchev–Trinajstić information content (AvgIpc) is 3.39. The first kappa shape index (κ1) is 32.2. The Hall–Kier alpha value is -4.17. The monoisotopic (exact) mass is 629 g/mol. The summed E-state index contributed by atoms with van der Waals surface area (Å²) < 4.78 is 51.1. The SMILES string of the molecule is COCO[C@@H]1CN(C(=O)C2(c3ccc(OC)cc3)CCC(F)(F)CC2)[C@H]1C(=O)Nc1ccc2c(cnn2C(=O)OC(C)(C)C)n1. The Balaban J connectivity index is 1.40. The third kappa shape index (κ3) is 6.61. The fourth-order valence-electron chi connectivity index (χ4n) is 5.78. The van der Waals surface area contributed by atoms with Gasteiger partial charge >= 0.3 is 6.09 Å². The zero-order chi connectivity index (χ0) is 32.6. The number of nitrogens with one attached hydrogen (secondary N) is 1. The molecule has 2 aliphatic rings. The number of hydrogen-bond donors (Lipinski definition) is 1. The first-order valence-corrected chi connectivity index (χ1v) is 14.6. The molecular formula is C31H37F2N5O7. The Bertz CT molecular complexity index is 1560. The Morgan fingerprint density at radius 2 is 1.71 bits per heavy atom. The van der Waals surface area contributed by atoms with E-state index < -0.39 is 59.8 Å². The molecule has 2 fully saturated rings. The first-order chi connectivity index (χ1) is 21.3. The van der Waals surface area contributed by atoms with Crippen LogP contribution in [0.1, 0.15) is 52.0 Å². The number of fused-ring (bicyclic) bond motifs is 1. The quantitative estimate of drug-likeness (QED) is 0.357. The number of hydrogen-bond acceptors (Lipinski definition) is 9. The van der Waals surface area contributed by atoms with Crippen LogP contribution in [0.5, 0.6) is 5.75 Å². The molecule has 14 heteroatoms. The number of pyridine rings is 1. The second kappa shape index (κ2) is 12.3. The Morgan fingerprint density at radius 1 is 1.02 bits per heavy atom. The molecule has 5 rings (SSSR count). The van der Waals surface area contributed by atoms with Crippen LogP contribution in [0.3, 0.4) is 0 Å². The number of carbonyl (C=O) groups excluding carboxylic acids is 3. The summed E-state index contributed by atoms with van der Waals surface area (Å²) in [6, 6.07) is 8.80. The number of alkyl halides is 2. The molecule has 12 nitrogen and oxygen atoms in total. The van der Waals surface area contributed by atoms with E-state index in [1.807, 2.05) is 0 Å². The average molecular weight is 630 g/mol. The predicted octanol–water partition coefficient (Wildman–Crippen LogP) is 4.51. The highest BCUT2D eigenvalue weighted by Crippen LogP contribution is 2.48. The van der Waals surface area contributed by atoms with Crippen LogP contribution in [0.15, 0.2) is 42.6 Å². The summed E-state index contributed by atoms with van der Waals surface area (Å²) in [6.07, 6.45) is -1.09. The van der Waals surface area contributed by atoms with E-state index in [4.69, 9.17) is 18.9 Å². The number of anilines is 1. The third-order valence-corrected chi connectivity index (χ3v) is 8.12. The van der Waals surface area contributed by atoms with E-state index in [1.54, 1.807) is 51.1 Å². The number of rotatable bonds is 8. The molecule has 45 heavy (non-hydrogen) atoms. The molecule has 1 N–H and O–H groups in total. The lowest BCUT2D eigenvalue weighted by Crippen LogP contribution is -2.70. The van der Waals surface area contributed by atoms with Gasteiger partial charge in [0.05, 0.1) is 30.8 Å². The number of ether oxygens (including phenoxy) is 4. The van der Waals surface area contributed by atoms with Crippen molar-refractivity contribution in [2.24, 2.45) is 0 Å². The summed E-state index contributed by atoms with van der Waals surface area (Å²) in [6.45, 7) is 5.18. The molecule has 0 radical (unpaired) electrons. The van der Waals surface area contributed by atoms with E-state index in [1.165, 1.54) is 31.4 Å². The van der Waals surface area contributed by atoms with E-state index >= 15 is 0 Å². The largest absolute Gasteiger partial charge is 0.497 e. The van der Waals surface area contributed by atoms with Crippen molar-refractivity contribution in [3.63, 3.8) is 0 Å². The van der Waals surface area contributed by atoms with Crippen LogP contribution < -0.4 is 10.1 Å². The van der Waals surface area contributed by atoms with Crippen LogP contribution in [0.2, 0.25) is 0 Å². The van der Waals surface area contributed by atoms with Crippen LogP contribution in [-0.4, -0.2) is 88.8 Å². The maximum atomic E-state index is 14.3. The molecule has 1 saturated carbocycles. The molecule has 1 saturated heterocycles. The van der Waals surface area contributed by atoms with Crippen molar-refractivity contribution in [1.29, 1.82) is 0 Å². The van der Waals surface area contributed by atoms with E-state index in [0.717, 1.165) is 4.68 Å². The maximum Gasteiger partial charge on any atom is 0.435 e. The van der Waals surface area contributed by atoms with Crippen molar-refractivity contribution >= 4 is 34.8 Å². The van der Waals surface area contributed by atoms with E-state index in [2.05, 4.69) is 15.4 Å². The molecule has 0 bridgehead atoms. The minimum Gasteiger partial charge on any atom is -0.497 e. The van der Waals surface area contributed by atoms with Crippen LogP contribution in [0.25, 0.3) is 11.0 Å². The predicted molar refractivity (Wildman–Crippen MR) is 158 cm³/mol. The van der Waals surface area contributed by atoms with Crippen molar-refractivity contribution < 1.29 is 42.1 Å². The van der Waals surface area contributed by atoms with Crippen molar-refractivity contribution in [2.45, 2.75) is 75.5 Å². The molecule has 0 unspecified atom stereocenters. The first-order valence-electron chi connectivity index (χ1n) is 14.6. The summed E-state index contributed by atoms with van der Waals surface area (Å²) in [5.41, 5.74) is -0.701. The van der Waals surface area contributed by atoms with Gasteiger partial charge in [0.1, 0.15) is 41.6 Å². The van der Waals surface area contributed by atoms with Gasteiger partial charge in [0.15, 0.2) is 0 Å². The van der Waals surface area contributed by atoms with Gasteiger partial charge in [-0.2, -0.15) is 9.78 Å². The summed E-state index contributed by atoms with van der Waals surface area (Å²) in [7, 11) is 2.95. The van der Waals surface area contributed by atoms with Gasteiger partial charge in [0.25, 0.3) is 5.91 Å². The molecule has 1 aromatic carbocycles. The number of halogens is 2. The fourth-order valence-corrected chi connectivity index (χ4v) is 5.78.